The predicted octanol–water partition coefficient (Wildman–Crippen LogP) is 3.44. The lowest BCUT2D eigenvalue weighted by Gasteiger charge is -2.02. The Morgan fingerprint density at radius 3 is 2.29 bits per heavy atom. The molecule has 0 aromatic heterocycles. The van der Waals surface area contributed by atoms with E-state index in [2.05, 4.69) is 0 Å². The highest BCUT2D eigenvalue weighted by Gasteiger charge is 2.08. The Bertz CT molecular complexity index is 703. The molecular weight excluding hydrogens is 288 g/mol. The van der Waals surface area contributed by atoms with Crippen molar-refractivity contribution >= 4 is 23.2 Å². The van der Waals surface area contributed by atoms with E-state index in [0.717, 1.165) is 4.90 Å². The van der Waals surface area contributed by atoms with Crippen LogP contribution in [0.4, 0.5) is 5.69 Å². The lowest BCUT2D eigenvalue weighted by molar-refractivity contribution is -0.384. The lowest BCUT2D eigenvalue weighted by atomic mass is 10.1. The minimum atomic E-state index is -0.462. The predicted molar refractivity (Wildman–Crippen MR) is 79.3 cm³/mol. The molecule has 0 aliphatic heterocycles. The highest BCUT2D eigenvalue weighted by atomic mass is 32.2. The van der Waals surface area contributed by atoms with E-state index in [1.165, 1.54) is 23.9 Å². The van der Waals surface area contributed by atoms with E-state index in [0.29, 0.717) is 11.1 Å². The zero-order valence-electron chi connectivity index (χ0n) is 10.9. The maximum Gasteiger partial charge on any atom is 0.269 e. The summed E-state index contributed by atoms with van der Waals surface area (Å²) in [6.45, 7) is 0. The summed E-state index contributed by atoms with van der Waals surface area (Å²) in [5, 5.41) is 19.2. The van der Waals surface area contributed by atoms with Gasteiger partial charge in [0.05, 0.1) is 22.3 Å². The van der Waals surface area contributed by atoms with Gasteiger partial charge >= 0.3 is 0 Å². The monoisotopic (exact) mass is 298 g/mol. The summed E-state index contributed by atoms with van der Waals surface area (Å²) < 4.78 is 0. The van der Waals surface area contributed by atoms with Gasteiger partial charge in [-0.15, -0.1) is 11.8 Å². The van der Waals surface area contributed by atoms with Crippen molar-refractivity contribution in [2.24, 2.45) is 0 Å². The number of Topliss-reactive ketones (excluding diaryl/α,β-unsaturated/α-hetero) is 1. The third kappa shape index (κ3) is 3.91. The molecule has 2 aromatic rings. The van der Waals surface area contributed by atoms with Crippen LogP contribution in [0.3, 0.4) is 0 Å². The first-order chi connectivity index (χ1) is 10.1. The summed E-state index contributed by atoms with van der Waals surface area (Å²) in [4.78, 5) is 22.9. The molecule has 0 aliphatic rings. The van der Waals surface area contributed by atoms with Gasteiger partial charge in [0, 0.05) is 22.6 Å². The Hall–Kier alpha value is -2.65. The molecule has 21 heavy (non-hydrogen) atoms. The maximum atomic E-state index is 12.0. The minimum absolute atomic E-state index is 0.0257. The first-order valence-corrected chi connectivity index (χ1v) is 6.99. The fraction of sp³-hybridized carbons (Fsp3) is 0.0667. The standard InChI is InChI=1S/C15H10N2O3S/c16-9-11-1-3-12(4-2-11)15(18)10-21-14-7-5-13(6-8-14)17(19)20/h1-8H,10H2. The van der Waals surface area contributed by atoms with Gasteiger partial charge in [0.2, 0.25) is 0 Å². The number of hydrogen-bond acceptors (Lipinski definition) is 5. The van der Waals surface area contributed by atoms with Crippen molar-refractivity contribution in [2.45, 2.75) is 4.90 Å². The van der Waals surface area contributed by atoms with Crippen molar-refractivity contribution in [3.63, 3.8) is 0 Å². The van der Waals surface area contributed by atoms with E-state index in [-0.39, 0.29) is 17.2 Å². The topological polar surface area (TPSA) is 84.0 Å². The van der Waals surface area contributed by atoms with Crippen molar-refractivity contribution in [2.75, 3.05) is 5.75 Å². The Morgan fingerprint density at radius 2 is 1.76 bits per heavy atom. The summed E-state index contributed by atoms with van der Waals surface area (Å²) in [6, 6.07) is 14.5. The van der Waals surface area contributed by atoms with Gasteiger partial charge in [0.1, 0.15) is 0 Å². The third-order valence-electron chi connectivity index (χ3n) is 2.75. The van der Waals surface area contributed by atoms with Crippen LogP contribution in [0.25, 0.3) is 0 Å². The van der Waals surface area contributed by atoms with Gasteiger partial charge in [0.25, 0.3) is 5.69 Å². The van der Waals surface area contributed by atoms with E-state index < -0.39 is 4.92 Å². The van der Waals surface area contributed by atoms with E-state index in [1.54, 1.807) is 36.4 Å². The molecule has 0 amide bonds. The number of nitro groups is 1. The molecule has 0 saturated carbocycles. The molecule has 104 valence electrons. The van der Waals surface area contributed by atoms with Crippen LogP contribution < -0.4 is 0 Å². The van der Waals surface area contributed by atoms with Gasteiger partial charge in [-0.2, -0.15) is 5.26 Å². The van der Waals surface area contributed by atoms with Gasteiger partial charge in [-0.05, 0) is 24.3 Å². The molecule has 0 bridgehead atoms. The Morgan fingerprint density at radius 1 is 1.14 bits per heavy atom. The number of thioether (sulfide) groups is 1. The highest BCUT2D eigenvalue weighted by molar-refractivity contribution is 8.00. The van der Waals surface area contributed by atoms with Crippen molar-refractivity contribution in [3.8, 4) is 6.07 Å². The van der Waals surface area contributed by atoms with Gasteiger partial charge < -0.3 is 0 Å². The molecule has 6 heteroatoms. The minimum Gasteiger partial charge on any atom is -0.293 e. The van der Waals surface area contributed by atoms with Gasteiger partial charge in [-0.1, -0.05) is 12.1 Å². The Kier molecular flexibility index (Phi) is 4.69. The summed E-state index contributed by atoms with van der Waals surface area (Å²) >= 11 is 1.32. The Balaban J connectivity index is 1.97. The van der Waals surface area contributed by atoms with E-state index in [9.17, 15) is 14.9 Å². The largest absolute Gasteiger partial charge is 0.293 e. The lowest BCUT2D eigenvalue weighted by Crippen LogP contribution is -2.02. The quantitative estimate of drug-likeness (QED) is 0.365. The van der Waals surface area contributed by atoms with Gasteiger partial charge in [0.15, 0.2) is 5.78 Å². The molecule has 0 atom stereocenters. The summed E-state index contributed by atoms with van der Waals surface area (Å²) in [6.07, 6.45) is 0. The second-order valence-corrected chi connectivity index (χ2v) is 5.20. The average molecular weight is 298 g/mol. The first-order valence-electron chi connectivity index (χ1n) is 6.01. The van der Waals surface area contributed by atoms with Crippen LogP contribution in [-0.4, -0.2) is 16.5 Å². The number of nitriles is 1. The molecule has 2 rings (SSSR count). The zero-order valence-corrected chi connectivity index (χ0v) is 11.7. The summed E-state index contributed by atoms with van der Waals surface area (Å²) in [5.41, 5.74) is 1.08. The molecule has 0 spiro atoms. The normalized spacial score (nSPS) is 9.86. The fourth-order valence-corrected chi connectivity index (χ4v) is 2.42. The molecule has 0 fully saturated rings. The molecule has 0 aliphatic carbocycles. The number of hydrogen-bond donors (Lipinski definition) is 0. The number of non-ortho nitro benzene ring substituents is 1. The average Bonchev–Trinajstić information content (AvgIpc) is 2.53. The SMILES string of the molecule is N#Cc1ccc(C(=O)CSc2ccc([N+](=O)[O-])cc2)cc1. The molecule has 0 N–H and O–H groups in total. The molecule has 5 nitrogen and oxygen atoms in total. The molecule has 0 heterocycles. The molecule has 2 aromatic carbocycles. The molecule has 0 saturated heterocycles. The van der Waals surface area contributed by atoms with Crippen LogP contribution in [-0.2, 0) is 0 Å². The van der Waals surface area contributed by atoms with Crippen LogP contribution in [0, 0.1) is 21.4 Å². The second kappa shape index (κ2) is 6.68. The number of carbonyl (C=O) groups excluding carboxylic acids is 1. The summed E-state index contributed by atoms with van der Waals surface area (Å²) in [5.74, 6) is 0.187. The van der Waals surface area contributed by atoms with E-state index in [1.807, 2.05) is 6.07 Å². The van der Waals surface area contributed by atoms with Crippen LogP contribution in [0.1, 0.15) is 15.9 Å². The van der Waals surface area contributed by atoms with Crippen LogP contribution in [0.2, 0.25) is 0 Å². The van der Waals surface area contributed by atoms with Crippen molar-refractivity contribution in [1.82, 2.24) is 0 Å². The van der Waals surface area contributed by atoms with E-state index >= 15 is 0 Å². The fourth-order valence-electron chi connectivity index (χ4n) is 1.63. The second-order valence-electron chi connectivity index (χ2n) is 4.15. The number of ketones is 1. The molecular formula is C15H10N2O3S. The molecule has 0 radical (unpaired) electrons. The van der Waals surface area contributed by atoms with Crippen LogP contribution in [0.5, 0.6) is 0 Å². The molecule has 0 unspecified atom stereocenters. The Labute approximate surface area is 125 Å². The number of nitro benzene ring substituents is 1. The summed E-state index contributed by atoms with van der Waals surface area (Å²) in [7, 11) is 0. The zero-order chi connectivity index (χ0) is 15.2. The maximum absolute atomic E-state index is 12.0. The van der Waals surface area contributed by atoms with Crippen molar-refractivity contribution in [3.05, 3.63) is 69.8 Å². The van der Waals surface area contributed by atoms with Gasteiger partial charge in [-0.3, -0.25) is 14.9 Å². The third-order valence-corrected chi connectivity index (χ3v) is 3.77. The van der Waals surface area contributed by atoms with Crippen molar-refractivity contribution < 1.29 is 9.72 Å². The van der Waals surface area contributed by atoms with Crippen LogP contribution >= 0.6 is 11.8 Å². The smallest absolute Gasteiger partial charge is 0.269 e. The van der Waals surface area contributed by atoms with Crippen molar-refractivity contribution in [1.29, 1.82) is 5.26 Å². The van der Waals surface area contributed by atoms with Crippen LogP contribution in [0.15, 0.2) is 53.4 Å². The highest BCUT2D eigenvalue weighted by Crippen LogP contribution is 2.22. The number of rotatable bonds is 5. The number of nitrogens with zero attached hydrogens (tertiary/aromatic N) is 2. The van der Waals surface area contributed by atoms with E-state index in [4.69, 9.17) is 5.26 Å². The number of carbonyl (C=O) groups is 1. The first kappa shape index (κ1) is 14.8. The number of benzene rings is 2. The van der Waals surface area contributed by atoms with Gasteiger partial charge in [-0.25, -0.2) is 0 Å².